The highest BCUT2D eigenvalue weighted by Crippen LogP contribution is 2.69. The number of aliphatic hydroxyl groups excluding tert-OH is 1. The average Bonchev–Trinajstić information content (AvgIpc) is 2.99. The molecule has 0 radical (unpaired) electrons. The third-order valence-corrected chi connectivity index (χ3v) is 10.1. The van der Waals surface area contributed by atoms with Crippen LogP contribution >= 0.6 is 0 Å². The van der Waals surface area contributed by atoms with E-state index in [0.29, 0.717) is 23.7 Å². The number of esters is 2. The van der Waals surface area contributed by atoms with Gasteiger partial charge in [-0.3, -0.25) is 9.59 Å². The molecule has 0 aromatic heterocycles. The van der Waals surface area contributed by atoms with Gasteiger partial charge in [0.25, 0.3) is 0 Å². The fraction of sp³-hybridized carbons (Fsp3) is 0.920. The van der Waals surface area contributed by atoms with Gasteiger partial charge < -0.3 is 14.6 Å². The number of fused-ring (bicyclic) bond motifs is 5. The lowest BCUT2D eigenvalue weighted by Gasteiger charge is -2.65. The predicted octanol–water partition coefficient (Wildman–Crippen LogP) is 4.50. The van der Waals surface area contributed by atoms with Crippen LogP contribution < -0.4 is 0 Å². The number of hydrogen-bond acceptors (Lipinski definition) is 5. The molecule has 4 fully saturated rings. The van der Waals surface area contributed by atoms with Crippen LogP contribution in [0.15, 0.2) is 0 Å². The van der Waals surface area contributed by atoms with E-state index in [0.717, 1.165) is 44.9 Å². The first kappa shape index (κ1) is 22.1. The van der Waals surface area contributed by atoms with Crippen LogP contribution in [-0.4, -0.2) is 35.9 Å². The van der Waals surface area contributed by atoms with E-state index in [9.17, 15) is 14.7 Å². The molecule has 2 unspecified atom stereocenters. The molecule has 5 nitrogen and oxygen atoms in total. The monoisotopic (exact) mass is 420 g/mol. The van der Waals surface area contributed by atoms with Gasteiger partial charge in [0.05, 0.1) is 0 Å². The second kappa shape index (κ2) is 7.50. The van der Waals surface area contributed by atoms with Crippen LogP contribution in [0.1, 0.15) is 86.0 Å². The number of aliphatic hydroxyl groups is 1. The van der Waals surface area contributed by atoms with Gasteiger partial charge in [-0.05, 0) is 75.0 Å². The Bertz CT molecular complexity index is 702. The van der Waals surface area contributed by atoms with E-state index >= 15 is 0 Å². The van der Waals surface area contributed by atoms with E-state index in [1.165, 1.54) is 20.3 Å². The van der Waals surface area contributed by atoms with Gasteiger partial charge in [-0.15, -0.1) is 0 Å². The molecule has 170 valence electrons. The SMILES string of the molecule is CC(=O)OC1CC[C@@]2(CO)[C@H](CC[C@@H]3[C@@H]2CC[C@]2(C)C(OC(C)=O)CC[C@@H]32)C1(C)C. The van der Waals surface area contributed by atoms with Gasteiger partial charge in [-0.2, -0.15) is 0 Å². The lowest BCUT2D eigenvalue weighted by Crippen LogP contribution is -2.62. The Kier molecular flexibility index (Phi) is 5.52. The average molecular weight is 421 g/mol. The molecule has 0 aromatic carbocycles. The molecule has 5 heteroatoms. The zero-order chi connectivity index (χ0) is 21.9. The second-order valence-corrected chi connectivity index (χ2v) is 11.6. The number of carbonyl (C=O) groups is 2. The normalized spacial score (nSPS) is 46.9. The van der Waals surface area contributed by atoms with Crippen molar-refractivity contribution in [2.75, 3.05) is 6.61 Å². The largest absolute Gasteiger partial charge is 0.462 e. The van der Waals surface area contributed by atoms with E-state index in [2.05, 4.69) is 20.8 Å². The van der Waals surface area contributed by atoms with Crippen molar-refractivity contribution >= 4 is 11.9 Å². The Morgan fingerprint density at radius 2 is 1.50 bits per heavy atom. The number of hydrogen-bond donors (Lipinski definition) is 1. The van der Waals surface area contributed by atoms with Crippen molar-refractivity contribution in [1.82, 2.24) is 0 Å². The van der Waals surface area contributed by atoms with Gasteiger partial charge in [-0.1, -0.05) is 20.8 Å². The maximum absolute atomic E-state index is 11.7. The maximum atomic E-state index is 11.7. The molecule has 0 bridgehead atoms. The van der Waals surface area contributed by atoms with Gasteiger partial charge in [0, 0.05) is 36.7 Å². The van der Waals surface area contributed by atoms with Crippen molar-refractivity contribution in [3.05, 3.63) is 0 Å². The first-order valence-electron chi connectivity index (χ1n) is 12.0. The molecule has 0 saturated heterocycles. The van der Waals surface area contributed by atoms with Gasteiger partial charge >= 0.3 is 11.9 Å². The van der Waals surface area contributed by atoms with Crippen molar-refractivity contribution in [2.45, 2.75) is 98.2 Å². The van der Waals surface area contributed by atoms with Gasteiger partial charge in [0.1, 0.15) is 12.2 Å². The molecule has 0 aromatic rings. The highest BCUT2D eigenvalue weighted by atomic mass is 16.5. The van der Waals surface area contributed by atoms with Gasteiger partial charge in [-0.25, -0.2) is 0 Å². The first-order valence-corrected chi connectivity index (χ1v) is 12.0. The summed E-state index contributed by atoms with van der Waals surface area (Å²) in [5, 5.41) is 10.8. The van der Waals surface area contributed by atoms with E-state index < -0.39 is 0 Å². The van der Waals surface area contributed by atoms with Crippen molar-refractivity contribution in [3.8, 4) is 0 Å². The molecule has 4 aliphatic carbocycles. The summed E-state index contributed by atoms with van der Waals surface area (Å²) < 4.78 is 11.5. The summed E-state index contributed by atoms with van der Waals surface area (Å²) in [7, 11) is 0. The van der Waals surface area contributed by atoms with Crippen LogP contribution in [0.2, 0.25) is 0 Å². The number of carbonyl (C=O) groups excluding carboxylic acids is 2. The van der Waals surface area contributed by atoms with E-state index in [-0.39, 0.29) is 47.0 Å². The molecule has 1 N–H and O–H groups in total. The molecule has 30 heavy (non-hydrogen) atoms. The topological polar surface area (TPSA) is 72.8 Å². The molecule has 0 heterocycles. The van der Waals surface area contributed by atoms with Crippen molar-refractivity contribution in [1.29, 1.82) is 0 Å². The predicted molar refractivity (Wildman–Crippen MR) is 113 cm³/mol. The summed E-state index contributed by atoms with van der Waals surface area (Å²) in [6, 6.07) is 0. The highest BCUT2D eigenvalue weighted by Gasteiger charge is 2.65. The van der Waals surface area contributed by atoms with Crippen LogP contribution in [0.5, 0.6) is 0 Å². The Morgan fingerprint density at radius 1 is 0.833 bits per heavy atom. The van der Waals surface area contributed by atoms with Crippen molar-refractivity contribution in [2.24, 2.45) is 39.9 Å². The molecule has 0 spiro atoms. The van der Waals surface area contributed by atoms with Crippen molar-refractivity contribution in [3.63, 3.8) is 0 Å². The quantitative estimate of drug-likeness (QED) is 0.681. The van der Waals surface area contributed by atoms with E-state index in [1.54, 1.807) is 0 Å². The van der Waals surface area contributed by atoms with Gasteiger partial charge in [0.15, 0.2) is 0 Å². The van der Waals surface area contributed by atoms with E-state index in [4.69, 9.17) is 9.47 Å². The summed E-state index contributed by atoms with van der Waals surface area (Å²) in [5.74, 6) is 1.67. The van der Waals surface area contributed by atoms with Crippen molar-refractivity contribution < 1.29 is 24.2 Å². The van der Waals surface area contributed by atoms with Crippen LogP contribution in [0, 0.1) is 39.9 Å². The smallest absolute Gasteiger partial charge is 0.302 e. The highest BCUT2D eigenvalue weighted by molar-refractivity contribution is 5.66. The fourth-order valence-corrected chi connectivity index (χ4v) is 8.84. The molecule has 4 saturated carbocycles. The summed E-state index contributed by atoms with van der Waals surface area (Å²) in [5.41, 5.74) is -0.140. The Morgan fingerprint density at radius 3 is 2.13 bits per heavy atom. The van der Waals surface area contributed by atoms with Crippen LogP contribution in [0.4, 0.5) is 0 Å². The number of rotatable bonds is 3. The summed E-state index contributed by atoms with van der Waals surface area (Å²) in [6.45, 7) is 10.1. The Hall–Kier alpha value is -1.10. The molecule has 8 atom stereocenters. The van der Waals surface area contributed by atoms with Crippen LogP contribution in [0.25, 0.3) is 0 Å². The molecule has 4 rings (SSSR count). The van der Waals surface area contributed by atoms with Gasteiger partial charge in [0.2, 0.25) is 0 Å². The molecule has 0 aliphatic heterocycles. The molecule has 0 amide bonds. The Balaban J connectivity index is 1.62. The van der Waals surface area contributed by atoms with E-state index in [1.807, 2.05) is 0 Å². The van der Waals surface area contributed by atoms with Crippen LogP contribution in [0.3, 0.4) is 0 Å². The summed E-state index contributed by atoms with van der Waals surface area (Å²) in [6.07, 6.45) is 8.27. The summed E-state index contributed by atoms with van der Waals surface area (Å²) >= 11 is 0. The Labute approximate surface area is 181 Å². The first-order chi connectivity index (χ1) is 14.1. The second-order valence-electron chi connectivity index (χ2n) is 11.6. The molecular weight excluding hydrogens is 380 g/mol. The number of ether oxygens (including phenoxy) is 2. The lowest BCUT2D eigenvalue weighted by molar-refractivity contribution is -0.212. The summed E-state index contributed by atoms with van der Waals surface area (Å²) in [4.78, 5) is 23.4. The standard InChI is InChI=1S/C25H40O5/c1-15(27)29-21-11-13-25(14-26)19-10-12-24(5)18(7-9-22(24)30-16(2)28)17(19)6-8-20(25)23(21,3)4/h17-22,26H,6-14H2,1-5H3/t17-,18-,19-,20+,21?,22?,24-,25-/m0/s1. The molecular formula is C25H40O5. The minimum atomic E-state index is -0.200. The molecule has 4 aliphatic rings. The lowest BCUT2D eigenvalue weighted by atomic mass is 9.41. The van der Waals surface area contributed by atoms with Crippen LogP contribution in [-0.2, 0) is 19.1 Å². The zero-order valence-electron chi connectivity index (χ0n) is 19.4. The minimum Gasteiger partial charge on any atom is -0.462 e. The third-order valence-electron chi connectivity index (χ3n) is 10.1. The minimum absolute atomic E-state index is 0.0416. The maximum Gasteiger partial charge on any atom is 0.302 e. The zero-order valence-corrected chi connectivity index (χ0v) is 19.4. The fourth-order valence-electron chi connectivity index (χ4n) is 8.84. The third kappa shape index (κ3) is 3.13.